The van der Waals surface area contributed by atoms with E-state index in [2.05, 4.69) is 59.3 Å². The van der Waals surface area contributed by atoms with Crippen molar-refractivity contribution in [3.8, 4) is 0 Å². The van der Waals surface area contributed by atoms with E-state index in [0.717, 1.165) is 13.0 Å². The Morgan fingerprint density at radius 2 is 1.91 bits per heavy atom. The van der Waals surface area contributed by atoms with Gasteiger partial charge in [0.2, 0.25) is 0 Å². The van der Waals surface area contributed by atoms with E-state index in [9.17, 15) is 0 Å². The molecule has 4 rings (SSSR count). The highest BCUT2D eigenvalue weighted by atomic mass is 15.0. The predicted octanol–water partition coefficient (Wildman–Crippen LogP) is 4.50. The molecule has 1 aromatic heterocycles. The average molecular weight is 292 g/mol. The third-order valence-electron chi connectivity index (χ3n) is 5.05. The minimum absolute atomic E-state index is 0.658. The number of rotatable bonds is 3. The number of hydrogen-bond acceptors (Lipinski definition) is 1. The maximum atomic E-state index is 3.66. The van der Waals surface area contributed by atoms with Crippen molar-refractivity contribution in [2.75, 3.05) is 6.54 Å². The molecule has 3 aromatic rings. The van der Waals surface area contributed by atoms with Crippen LogP contribution in [0.5, 0.6) is 0 Å². The first kappa shape index (κ1) is 13.8. The fourth-order valence-corrected chi connectivity index (χ4v) is 3.95. The first-order chi connectivity index (χ1) is 10.9. The molecule has 0 amide bonds. The van der Waals surface area contributed by atoms with Crippen molar-refractivity contribution in [3.63, 3.8) is 0 Å². The van der Waals surface area contributed by atoms with E-state index in [1.807, 2.05) is 0 Å². The van der Waals surface area contributed by atoms with E-state index in [-0.39, 0.29) is 0 Å². The topological polar surface area (TPSA) is 17.0 Å². The van der Waals surface area contributed by atoms with Gasteiger partial charge in [0, 0.05) is 34.4 Å². The molecule has 1 N–H and O–H groups in total. The van der Waals surface area contributed by atoms with E-state index >= 15 is 0 Å². The smallest absolute Gasteiger partial charge is 0.0491 e. The zero-order valence-electron chi connectivity index (χ0n) is 13.3. The summed E-state index contributed by atoms with van der Waals surface area (Å²) in [6.45, 7) is 4.43. The van der Waals surface area contributed by atoms with Gasteiger partial charge in [0.15, 0.2) is 0 Å². The van der Waals surface area contributed by atoms with Crippen LogP contribution in [0.3, 0.4) is 0 Å². The van der Waals surface area contributed by atoms with Gasteiger partial charge in [-0.25, -0.2) is 0 Å². The highest BCUT2D eigenvalue weighted by Gasteiger charge is 2.14. The van der Waals surface area contributed by atoms with Gasteiger partial charge in [-0.15, -0.1) is 0 Å². The van der Waals surface area contributed by atoms with Crippen molar-refractivity contribution >= 4 is 21.8 Å². The number of benzene rings is 2. The Bertz CT molecular complexity index is 794. The third kappa shape index (κ3) is 2.32. The van der Waals surface area contributed by atoms with Crippen molar-refractivity contribution in [2.24, 2.45) is 0 Å². The van der Waals surface area contributed by atoms with Crippen LogP contribution in [0, 0.1) is 0 Å². The molecule has 0 saturated carbocycles. The summed E-state index contributed by atoms with van der Waals surface area (Å²) in [7, 11) is 0. The summed E-state index contributed by atoms with van der Waals surface area (Å²) in [5, 5.41) is 6.46. The molecule has 0 bridgehead atoms. The number of hydrogen-bond donors (Lipinski definition) is 1. The highest BCUT2D eigenvalue weighted by Crippen LogP contribution is 2.30. The van der Waals surface area contributed by atoms with Gasteiger partial charge in [-0.1, -0.05) is 30.7 Å². The zero-order valence-corrected chi connectivity index (χ0v) is 13.3. The maximum absolute atomic E-state index is 3.66. The molecular formula is C20H24N2. The van der Waals surface area contributed by atoms with Crippen LogP contribution in [-0.2, 0) is 13.0 Å². The Balaban J connectivity index is 1.78. The number of piperidine rings is 1. The van der Waals surface area contributed by atoms with Gasteiger partial charge in [-0.3, -0.25) is 0 Å². The molecule has 0 radical (unpaired) electrons. The molecule has 1 unspecified atom stereocenters. The molecule has 2 nitrogen and oxygen atoms in total. The predicted molar refractivity (Wildman–Crippen MR) is 94.5 cm³/mol. The van der Waals surface area contributed by atoms with Crippen LogP contribution in [0.4, 0.5) is 0 Å². The summed E-state index contributed by atoms with van der Waals surface area (Å²) >= 11 is 0. The average Bonchev–Trinajstić information content (AvgIpc) is 2.89. The quantitative estimate of drug-likeness (QED) is 0.752. The van der Waals surface area contributed by atoms with Crippen LogP contribution in [0.2, 0.25) is 0 Å². The molecule has 2 heteroatoms. The third-order valence-corrected chi connectivity index (χ3v) is 5.05. The lowest BCUT2D eigenvalue weighted by atomic mass is 9.97. The van der Waals surface area contributed by atoms with Crippen LogP contribution < -0.4 is 5.32 Å². The molecule has 1 aliphatic heterocycles. The molecule has 2 aromatic carbocycles. The first-order valence-corrected chi connectivity index (χ1v) is 8.60. The number of para-hydroxylation sites is 1. The lowest BCUT2D eigenvalue weighted by Crippen LogP contribution is -2.35. The fourth-order valence-electron chi connectivity index (χ4n) is 3.95. The molecule has 2 heterocycles. The summed E-state index contributed by atoms with van der Waals surface area (Å²) in [6.07, 6.45) is 5.17. The van der Waals surface area contributed by atoms with Crippen LogP contribution >= 0.6 is 0 Å². The van der Waals surface area contributed by atoms with Crippen LogP contribution in [0.15, 0.2) is 42.5 Å². The van der Waals surface area contributed by atoms with E-state index in [0.29, 0.717) is 6.04 Å². The SMILES string of the molecule is CCn1c2ccccc2c2cc(CC3CCCCN3)ccc21. The summed E-state index contributed by atoms with van der Waals surface area (Å²) < 4.78 is 2.42. The highest BCUT2D eigenvalue weighted by molar-refractivity contribution is 6.08. The molecular weight excluding hydrogens is 268 g/mol. The Hall–Kier alpha value is -1.80. The van der Waals surface area contributed by atoms with Gasteiger partial charge in [-0.05, 0) is 56.5 Å². The molecule has 114 valence electrons. The second-order valence-corrected chi connectivity index (χ2v) is 6.46. The van der Waals surface area contributed by atoms with Crippen molar-refractivity contribution in [3.05, 3.63) is 48.0 Å². The van der Waals surface area contributed by atoms with Gasteiger partial charge < -0.3 is 9.88 Å². The Morgan fingerprint density at radius 3 is 2.73 bits per heavy atom. The molecule has 1 saturated heterocycles. The second-order valence-electron chi connectivity index (χ2n) is 6.46. The minimum Gasteiger partial charge on any atom is -0.341 e. The summed E-state index contributed by atoms with van der Waals surface area (Å²) in [6, 6.07) is 16.5. The fraction of sp³-hybridized carbons (Fsp3) is 0.400. The molecule has 22 heavy (non-hydrogen) atoms. The molecule has 0 spiro atoms. The summed E-state index contributed by atoms with van der Waals surface area (Å²) in [4.78, 5) is 0. The van der Waals surface area contributed by atoms with Gasteiger partial charge in [0.25, 0.3) is 0 Å². The largest absolute Gasteiger partial charge is 0.341 e. The van der Waals surface area contributed by atoms with Crippen molar-refractivity contribution in [1.82, 2.24) is 9.88 Å². The van der Waals surface area contributed by atoms with Crippen LogP contribution in [-0.4, -0.2) is 17.2 Å². The van der Waals surface area contributed by atoms with E-state index in [4.69, 9.17) is 0 Å². The number of aromatic nitrogens is 1. The summed E-state index contributed by atoms with van der Waals surface area (Å²) in [5.41, 5.74) is 4.18. The lowest BCUT2D eigenvalue weighted by molar-refractivity contribution is 0.399. The zero-order chi connectivity index (χ0) is 14.9. The molecule has 1 aliphatic rings. The number of nitrogens with one attached hydrogen (secondary N) is 1. The van der Waals surface area contributed by atoms with E-state index < -0.39 is 0 Å². The molecule has 1 fully saturated rings. The standard InChI is InChI=1S/C20H24N2/c1-2-22-19-9-4-3-8-17(19)18-14-15(10-11-20(18)22)13-16-7-5-6-12-21-16/h3-4,8-11,14,16,21H,2,5-7,12-13H2,1H3. The van der Waals surface area contributed by atoms with Crippen molar-refractivity contribution < 1.29 is 0 Å². The Labute approximate surface area is 132 Å². The van der Waals surface area contributed by atoms with Gasteiger partial charge in [0.1, 0.15) is 0 Å². The normalized spacial score (nSPS) is 19.0. The monoisotopic (exact) mass is 292 g/mol. The minimum atomic E-state index is 0.658. The van der Waals surface area contributed by atoms with Crippen molar-refractivity contribution in [2.45, 2.75) is 45.2 Å². The molecule has 1 atom stereocenters. The Kier molecular flexibility index (Phi) is 3.63. The second kappa shape index (κ2) is 5.77. The number of fused-ring (bicyclic) bond motifs is 3. The van der Waals surface area contributed by atoms with Crippen LogP contribution in [0.1, 0.15) is 31.7 Å². The van der Waals surface area contributed by atoms with Gasteiger partial charge in [-0.2, -0.15) is 0 Å². The lowest BCUT2D eigenvalue weighted by Gasteiger charge is -2.23. The number of nitrogens with zero attached hydrogens (tertiary/aromatic N) is 1. The van der Waals surface area contributed by atoms with Gasteiger partial charge in [0.05, 0.1) is 0 Å². The first-order valence-electron chi connectivity index (χ1n) is 8.60. The van der Waals surface area contributed by atoms with E-state index in [1.54, 1.807) is 0 Å². The Morgan fingerprint density at radius 1 is 1.05 bits per heavy atom. The van der Waals surface area contributed by atoms with Gasteiger partial charge >= 0.3 is 0 Å². The number of aryl methyl sites for hydroxylation is 1. The summed E-state index contributed by atoms with van der Waals surface area (Å²) in [5.74, 6) is 0. The van der Waals surface area contributed by atoms with Crippen LogP contribution in [0.25, 0.3) is 21.8 Å². The van der Waals surface area contributed by atoms with Crippen molar-refractivity contribution in [1.29, 1.82) is 0 Å². The molecule has 0 aliphatic carbocycles. The maximum Gasteiger partial charge on any atom is 0.0491 e. The van der Waals surface area contributed by atoms with E-state index in [1.165, 1.54) is 53.2 Å².